The highest BCUT2D eigenvalue weighted by molar-refractivity contribution is 5.81. The van der Waals surface area contributed by atoms with Crippen molar-refractivity contribution >= 4 is 24.1 Å². The number of aldehydes is 1. The Morgan fingerprint density at radius 3 is 1.62 bits per heavy atom. The first-order valence-corrected chi connectivity index (χ1v) is 30.9. The van der Waals surface area contributed by atoms with Crippen molar-refractivity contribution in [3.8, 4) is 0 Å². The molecule has 4 saturated heterocycles. The van der Waals surface area contributed by atoms with E-state index in [1.54, 1.807) is 0 Å². The lowest BCUT2D eigenvalue weighted by Crippen LogP contribution is -2.73. The molecule has 550 valence electrons. The van der Waals surface area contributed by atoms with Crippen LogP contribution >= 0.6 is 0 Å². The van der Waals surface area contributed by atoms with Crippen LogP contribution in [0.25, 0.3) is 0 Å². The van der Waals surface area contributed by atoms with Crippen molar-refractivity contribution in [3.05, 3.63) is 0 Å². The van der Waals surface area contributed by atoms with Crippen molar-refractivity contribution < 1.29 is 134 Å². The number of rotatable bonds is 28. The van der Waals surface area contributed by atoms with Gasteiger partial charge in [-0.25, -0.2) is 0 Å². The zero-order chi connectivity index (χ0) is 70.8. The molecule has 0 bridgehead atoms. The summed E-state index contributed by atoms with van der Waals surface area (Å²) < 4.78 is 45.4. The molecule has 6 fully saturated rings. The minimum atomic E-state index is -2.39. The molecule has 33 atom stereocenters. The number of likely N-dealkylation sites (N-methyl/N-ethyl adjacent to an activating group) is 1. The van der Waals surface area contributed by atoms with Crippen molar-refractivity contribution in [2.24, 2.45) is 34.4 Å². The Bertz CT molecular complexity index is 2240. The summed E-state index contributed by atoms with van der Waals surface area (Å²) in [6.45, 7) is 5.84. The molecule has 0 aromatic rings. The summed E-state index contributed by atoms with van der Waals surface area (Å²) in [4.78, 5) is 24.6. The summed E-state index contributed by atoms with van der Waals surface area (Å²) in [6.07, 6.45) is -35.2. The predicted octanol–water partition coefficient (Wildman–Crippen LogP) is -16.5. The molecule has 4 heterocycles. The molecule has 0 radical (unpaired) electrons. The van der Waals surface area contributed by atoms with E-state index in [9.17, 15) is 86.2 Å². The molecular weight excluding hydrogens is 1260 g/mol. The molecule has 2 aliphatic carbocycles. The van der Waals surface area contributed by atoms with Gasteiger partial charge in [0.1, 0.15) is 110 Å². The summed E-state index contributed by atoms with van der Waals surface area (Å²) in [5.74, 6) is -2.13. The molecule has 41 heteroatoms. The molecule has 6 rings (SSSR count). The molecule has 2 saturated carbocycles. The second-order valence-corrected chi connectivity index (χ2v) is 23.8. The van der Waals surface area contributed by atoms with E-state index in [-0.39, 0.29) is 57.5 Å². The number of aliphatic hydroxyl groups excluding tert-OH is 16. The van der Waals surface area contributed by atoms with Gasteiger partial charge in [-0.1, -0.05) is 13.8 Å². The van der Waals surface area contributed by atoms with Crippen LogP contribution in [0, 0.1) is 10.8 Å². The monoisotopic (exact) mass is 1370 g/mol. The molecular formula is C53H106N14O27. The Morgan fingerprint density at radius 1 is 0.606 bits per heavy atom. The smallest absolute Gasteiger partial charge is 0.249 e. The largest absolute Gasteiger partial charge is 0.395 e. The van der Waals surface area contributed by atoms with Crippen LogP contribution in [0.4, 0.5) is 0 Å². The molecule has 0 unspecified atom stereocenters. The maximum Gasteiger partial charge on any atom is 0.249 e. The molecule has 0 aromatic carbocycles. The molecule has 6 aliphatic rings. The number of ether oxygens (including phenoxy) is 8. The average Bonchev–Trinajstić information content (AvgIpc) is 1.46. The van der Waals surface area contributed by atoms with Crippen LogP contribution in [-0.2, 0) is 47.5 Å². The fourth-order valence-electron chi connectivity index (χ4n) is 11.5. The maximum atomic E-state index is 12.6. The Labute approximate surface area is 541 Å². The topological polar surface area (TPSA) is 728 Å². The van der Waals surface area contributed by atoms with Crippen LogP contribution < -0.4 is 66.3 Å². The lowest BCUT2D eigenvalue weighted by Gasteiger charge is -2.49. The van der Waals surface area contributed by atoms with Crippen molar-refractivity contribution in [1.29, 1.82) is 10.8 Å². The molecule has 0 spiro atoms. The fraction of sp³-hybridized carbons (Fsp3) is 0.925. The second-order valence-electron chi connectivity index (χ2n) is 23.8. The third-order valence-corrected chi connectivity index (χ3v) is 17.4. The number of carbonyl (C=O) groups is 2. The summed E-state index contributed by atoms with van der Waals surface area (Å²) >= 11 is 0. The van der Waals surface area contributed by atoms with Gasteiger partial charge in [0.25, 0.3) is 0 Å². The van der Waals surface area contributed by atoms with Gasteiger partial charge in [0.2, 0.25) is 5.91 Å². The number of aliphatic hydroxyl groups is 17. The second kappa shape index (κ2) is 38.7. The highest BCUT2D eigenvalue weighted by Gasteiger charge is 2.61. The van der Waals surface area contributed by atoms with E-state index < -0.39 is 220 Å². The van der Waals surface area contributed by atoms with Crippen LogP contribution in [0.5, 0.6) is 0 Å². The van der Waals surface area contributed by atoms with Gasteiger partial charge < -0.3 is 191 Å². The molecule has 41 nitrogen and oxygen atoms in total. The summed E-state index contributed by atoms with van der Waals surface area (Å²) in [5, 5.41) is 205. The first kappa shape index (κ1) is 82.8. The quantitative estimate of drug-likeness (QED) is 0.0150. The lowest BCUT2D eigenvalue weighted by molar-refractivity contribution is -0.332. The van der Waals surface area contributed by atoms with Gasteiger partial charge >= 0.3 is 0 Å². The van der Waals surface area contributed by atoms with Crippen LogP contribution in [0.15, 0.2) is 0 Å². The van der Waals surface area contributed by atoms with Crippen molar-refractivity contribution in [2.45, 2.75) is 248 Å². The Balaban J connectivity index is 0.000000333. The number of hydrogen-bond donors (Lipinski definition) is 31. The molecule has 1 amide bonds. The summed E-state index contributed by atoms with van der Waals surface area (Å²) in [7, 11) is 1.41. The predicted molar refractivity (Wildman–Crippen MR) is 321 cm³/mol. The molecule has 94 heavy (non-hydrogen) atoms. The van der Waals surface area contributed by atoms with Gasteiger partial charge in [0.15, 0.2) is 49.0 Å². The van der Waals surface area contributed by atoms with E-state index in [2.05, 4.69) is 31.9 Å². The molecule has 37 N–H and O–H groups in total. The normalized spacial score (nSPS) is 42.5. The van der Waals surface area contributed by atoms with Crippen molar-refractivity contribution in [1.82, 2.24) is 31.9 Å². The molecule has 4 aliphatic heterocycles. The SMILES string of the molecule is CC[C@@H](CO)NCCN[C@@H](CC)CO.CN[C@@H]1[C@H](O[C@H]2[C@H](O[C@H]3[C@H](O)[C@@H](O)[C@H](NC(=N)N)[C@@H](O)[C@@H]3NC(=N)N)O[C@@H](C)[C@]2(O)C=O)O[C@@H](CO)[C@H](O)[C@H]1O.NCC[C@H](O)C(=O)N[C@@H]1C[C@H](N)[C@@H](O[C@H]2O[C@H](CN)[C@@H](O)[C@H](O)[C@H]2O)[C@H](O)[C@H]1O[C@H]1O[C@H](CO)[C@@H](O)[C@H](N)[C@H]1O. The Hall–Kier alpha value is -3.60. The summed E-state index contributed by atoms with van der Waals surface area (Å²) in [6, 6.07) is -7.01. The van der Waals surface area contributed by atoms with E-state index in [1.165, 1.54) is 14.0 Å². The number of carbonyl (C=O) groups excluding carboxylic acids is 2. The highest BCUT2D eigenvalue weighted by atomic mass is 16.8. The number of hydrogen-bond acceptors (Lipinski definition) is 36. The van der Waals surface area contributed by atoms with Gasteiger partial charge in [-0.2, -0.15) is 0 Å². The number of amides is 1. The van der Waals surface area contributed by atoms with Gasteiger partial charge in [0, 0.05) is 37.8 Å². The fourth-order valence-corrected chi connectivity index (χ4v) is 11.5. The zero-order valence-corrected chi connectivity index (χ0v) is 52.7. The van der Waals surface area contributed by atoms with Gasteiger partial charge in [0.05, 0.1) is 68.8 Å². The maximum absolute atomic E-state index is 12.6. The summed E-state index contributed by atoms with van der Waals surface area (Å²) in [5.41, 5.74) is 31.5. The third-order valence-electron chi connectivity index (χ3n) is 17.4. The first-order valence-electron chi connectivity index (χ1n) is 30.9. The minimum Gasteiger partial charge on any atom is -0.395 e. The van der Waals surface area contributed by atoms with E-state index in [4.69, 9.17) is 93.3 Å². The van der Waals surface area contributed by atoms with E-state index in [0.29, 0.717) is 0 Å². The van der Waals surface area contributed by atoms with E-state index >= 15 is 0 Å². The average molecular weight is 1370 g/mol. The van der Waals surface area contributed by atoms with Gasteiger partial charge in [-0.3, -0.25) is 20.4 Å². The van der Waals surface area contributed by atoms with Crippen LogP contribution in [0.2, 0.25) is 0 Å². The number of guanidine groups is 2. The van der Waals surface area contributed by atoms with Crippen molar-refractivity contribution in [3.63, 3.8) is 0 Å². The Morgan fingerprint density at radius 2 is 1.11 bits per heavy atom. The zero-order valence-electron chi connectivity index (χ0n) is 52.7. The van der Waals surface area contributed by atoms with E-state index in [0.717, 1.165) is 25.9 Å². The van der Waals surface area contributed by atoms with Crippen LogP contribution in [0.1, 0.15) is 46.5 Å². The van der Waals surface area contributed by atoms with Gasteiger partial charge in [-0.05, 0) is 46.2 Å². The van der Waals surface area contributed by atoms with Crippen molar-refractivity contribution in [2.75, 3.05) is 59.7 Å². The van der Waals surface area contributed by atoms with E-state index in [1.807, 2.05) is 13.8 Å². The third kappa shape index (κ3) is 20.5. The molecule has 0 aromatic heterocycles. The van der Waals surface area contributed by atoms with Crippen LogP contribution in [-0.4, -0.2) is 372 Å². The standard InChI is InChI=1S/C22H43N5O13.C21H39N7O12.C10H24N2O2/c23-2-1-8(29)20(36)27-7-3-6(25)18(39-22-16(34)15(33)13(31)9(4-24)37-22)17(35)19(7)40-21-14(32)11(26)12(30)10(5-28)38-21;1-5-21(36,4-30)16(40-17-9(26-2)13(34)10(31)6(3-29)38-17)18(37-5)39-15-8(28-20(24)25)11(32)7(27-19(22)23)12(33)14(15)35;1-3-9(7-13)11-5-6-12-10(4-2)8-14/h6-19,21-22,28-35H,1-5,23-26H2,(H,27,36);4-18,26,29,31-36H,3H2,1-2H3,(H4,22,23,27)(H4,24,25,28);9-14H,3-8H2,1-2H3/t6-,7+,8-,9+,10+,11-,12+,13+,14+,15-,16+,17-,18+,19-,21+,22+;5-,6-,7+,8-,9-,10-,11+,12-,13-,14+,15+,16-,17-,18-,21+;9-,10-/m000/s1. The number of nitrogens with one attached hydrogen (secondary N) is 8. The Kier molecular flexibility index (Phi) is 34.1. The van der Waals surface area contributed by atoms with Gasteiger partial charge in [-0.15, -0.1) is 0 Å². The van der Waals surface area contributed by atoms with Crippen LogP contribution in [0.3, 0.4) is 0 Å². The minimum absolute atomic E-state index is 0.0101. The highest BCUT2D eigenvalue weighted by Crippen LogP contribution is 2.39. The lowest BCUT2D eigenvalue weighted by atomic mass is 9.81. The first-order chi connectivity index (χ1) is 44.3. The number of nitrogens with two attached hydrogens (primary N) is 6.